The number of ketones is 1. The molecule has 0 aliphatic heterocycles. The van der Waals surface area contributed by atoms with Gasteiger partial charge in [-0.15, -0.1) is 0 Å². The minimum absolute atomic E-state index is 0.0557. The lowest BCUT2D eigenvalue weighted by Gasteiger charge is -2.11. The summed E-state index contributed by atoms with van der Waals surface area (Å²) in [4.78, 5) is 11.6. The number of allylic oxidation sites excluding steroid dienone is 1. The van der Waals surface area contributed by atoms with Gasteiger partial charge in [0.05, 0.1) is 11.1 Å². The molecule has 0 amide bonds. The van der Waals surface area contributed by atoms with Gasteiger partial charge in [0.1, 0.15) is 5.75 Å². The lowest BCUT2D eigenvalue weighted by atomic mass is 10.1. The number of Topliss-reactive ketones (excluding diaryl/α,β-unsaturated/α-hetero) is 1. The van der Waals surface area contributed by atoms with E-state index < -0.39 is 0 Å². The molecule has 0 spiro atoms. The number of hydrogen-bond donors (Lipinski definition) is 0. The number of benzene rings is 1. The Balaban J connectivity index is 2.99. The van der Waals surface area contributed by atoms with Crippen molar-refractivity contribution in [2.24, 2.45) is 0 Å². The van der Waals surface area contributed by atoms with Crippen LogP contribution in [0.4, 0.5) is 0 Å². The Morgan fingerprint density at radius 3 is 2.50 bits per heavy atom. The molecule has 1 rings (SSSR count). The topological polar surface area (TPSA) is 26.3 Å². The smallest absolute Gasteiger partial charge is 0.188 e. The van der Waals surface area contributed by atoms with Crippen molar-refractivity contribution in [3.63, 3.8) is 0 Å². The molecule has 3 heteroatoms. The number of carbonyl (C=O) groups is 1. The third-order valence-corrected chi connectivity index (χ3v) is 2.24. The standard InChI is InChI=1S/C13H15ClO2/c1-8(2)13(15)10-5-6-12(11(14)7-10)16-9(3)4/h5-7,9H,1H2,2-4H3. The highest BCUT2D eigenvalue weighted by Gasteiger charge is 2.10. The Morgan fingerprint density at radius 2 is 2.06 bits per heavy atom. The molecule has 16 heavy (non-hydrogen) atoms. The molecule has 0 aliphatic carbocycles. The fourth-order valence-corrected chi connectivity index (χ4v) is 1.46. The van der Waals surface area contributed by atoms with Crippen LogP contribution in [-0.2, 0) is 0 Å². The molecular formula is C13H15ClO2. The monoisotopic (exact) mass is 238 g/mol. The molecule has 0 atom stereocenters. The number of carbonyl (C=O) groups excluding carboxylic acids is 1. The molecule has 0 saturated heterocycles. The first-order valence-corrected chi connectivity index (χ1v) is 5.46. The summed E-state index contributed by atoms with van der Waals surface area (Å²) in [6.45, 7) is 9.12. The van der Waals surface area contributed by atoms with Gasteiger partial charge in [0, 0.05) is 5.56 Å². The molecule has 0 aliphatic rings. The number of halogens is 1. The molecule has 1 aromatic rings. The summed E-state index contributed by atoms with van der Waals surface area (Å²) in [6.07, 6.45) is 0.0557. The summed E-state index contributed by atoms with van der Waals surface area (Å²) in [5.74, 6) is 0.493. The van der Waals surface area contributed by atoms with Gasteiger partial charge in [-0.3, -0.25) is 4.79 Å². The minimum Gasteiger partial charge on any atom is -0.489 e. The van der Waals surface area contributed by atoms with Crippen molar-refractivity contribution < 1.29 is 9.53 Å². The van der Waals surface area contributed by atoms with Gasteiger partial charge in [0.15, 0.2) is 5.78 Å². The van der Waals surface area contributed by atoms with Crippen LogP contribution in [0.15, 0.2) is 30.4 Å². The highest BCUT2D eigenvalue weighted by Crippen LogP contribution is 2.27. The molecule has 1 aromatic carbocycles. The van der Waals surface area contributed by atoms with Crippen LogP contribution in [0.2, 0.25) is 5.02 Å². The van der Waals surface area contributed by atoms with E-state index in [4.69, 9.17) is 16.3 Å². The van der Waals surface area contributed by atoms with E-state index in [1.165, 1.54) is 0 Å². The van der Waals surface area contributed by atoms with Crippen molar-refractivity contribution in [2.45, 2.75) is 26.9 Å². The third-order valence-electron chi connectivity index (χ3n) is 1.94. The van der Waals surface area contributed by atoms with E-state index in [-0.39, 0.29) is 11.9 Å². The van der Waals surface area contributed by atoms with E-state index in [0.29, 0.717) is 21.9 Å². The van der Waals surface area contributed by atoms with Crippen LogP contribution in [-0.4, -0.2) is 11.9 Å². The number of rotatable bonds is 4. The fourth-order valence-electron chi connectivity index (χ4n) is 1.24. The van der Waals surface area contributed by atoms with Gasteiger partial charge in [-0.1, -0.05) is 18.2 Å². The largest absolute Gasteiger partial charge is 0.489 e. The second kappa shape index (κ2) is 5.17. The van der Waals surface area contributed by atoms with Gasteiger partial charge in [-0.05, 0) is 44.5 Å². The molecule has 0 aromatic heterocycles. The van der Waals surface area contributed by atoms with Gasteiger partial charge in [0.2, 0.25) is 0 Å². The molecule has 0 N–H and O–H groups in total. The zero-order valence-electron chi connectivity index (χ0n) is 9.71. The van der Waals surface area contributed by atoms with E-state index in [9.17, 15) is 4.79 Å². The Morgan fingerprint density at radius 1 is 1.44 bits per heavy atom. The summed E-state index contributed by atoms with van der Waals surface area (Å²) in [7, 11) is 0. The maximum absolute atomic E-state index is 11.6. The van der Waals surface area contributed by atoms with Crippen LogP contribution in [0.3, 0.4) is 0 Å². The summed E-state index contributed by atoms with van der Waals surface area (Å²) >= 11 is 6.02. The van der Waals surface area contributed by atoms with E-state index in [1.54, 1.807) is 25.1 Å². The molecule has 0 radical (unpaired) electrons. The summed E-state index contributed by atoms with van der Waals surface area (Å²) < 4.78 is 5.47. The van der Waals surface area contributed by atoms with E-state index in [2.05, 4.69) is 6.58 Å². The van der Waals surface area contributed by atoms with Gasteiger partial charge < -0.3 is 4.74 Å². The second-order valence-corrected chi connectivity index (χ2v) is 4.33. The first kappa shape index (κ1) is 12.8. The minimum atomic E-state index is -0.0991. The van der Waals surface area contributed by atoms with Gasteiger partial charge in [0.25, 0.3) is 0 Å². The Bertz CT molecular complexity index is 422. The number of ether oxygens (including phenoxy) is 1. The first-order chi connectivity index (χ1) is 7.41. The SMILES string of the molecule is C=C(C)C(=O)c1ccc(OC(C)C)c(Cl)c1. The Kier molecular flexibility index (Phi) is 4.13. The van der Waals surface area contributed by atoms with Crippen LogP contribution < -0.4 is 4.74 Å². The lowest BCUT2D eigenvalue weighted by Crippen LogP contribution is -2.06. The van der Waals surface area contributed by atoms with Crippen molar-refractivity contribution >= 4 is 17.4 Å². The molecule has 0 bridgehead atoms. The Labute approximate surface area is 101 Å². The second-order valence-electron chi connectivity index (χ2n) is 3.92. The Hall–Kier alpha value is -1.28. The van der Waals surface area contributed by atoms with Crippen LogP contribution in [0.1, 0.15) is 31.1 Å². The number of hydrogen-bond acceptors (Lipinski definition) is 2. The fraction of sp³-hybridized carbons (Fsp3) is 0.308. The van der Waals surface area contributed by atoms with E-state index >= 15 is 0 Å². The summed E-state index contributed by atoms with van der Waals surface area (Å²) in [6, 6.07) is 5.01. The highest BCUT2D eigenvalue weighted by molar-refractivity contribution is 6.32. The molecular weight excluding hydrogens is 224 g/mol. The average molecular weight is 239 g/mol. The molecule has 0 unspecified atom stereocenters. The third kappa shape index (κ3) is 3.11. The summed E-state index contributed by atoms with van der Waals surface area (Å²) in [5, 5.41) is 0.445. The molecule has 0 fully saturated rings. The molecule has 86 valence electrons. The lowest BCUT2D eigenvalue weighted by molar-refractivity contribution is 0.103. The van der Waals surface area contributed by atoms with Crippen molar-refractivity contribution in [2.75, 3.05) is 0 Å². The molecule has 0 heterocycles. The zero-order chi connectivity index (χ0) is 12.3. The highest BCUT2D eigenvalue weighted by atomic mass is 35.5. The van der Waals surface area contributed by atoms with Crippen molar-refractivity contribution in [3.05, 3.63) is 40.9 Å². The predicted octanol–water partition coefficient (Wildman–Crippen LogP) is 3.89. The quantitative estimate of drug-likeness (QED) is 0.588. The molecule has 2 nitrogen and oxygen atoms in total. The molecule has 0 saturated carbocycles. The average Bonchev–Trinajstić information content (AvgIpc) is 2.19. The van der Waals surface area contributed by atoms with Gasteiger partial charge in [-0.25, -0.2) is 0 Å². The van der Waals surface area contributed by atoms with Crippen molar-refractivity contribution in [1.29, 1.82) is 0 Å². The van der Waals surface area contributed by atoms with Crippen LogP contribution in [0.5, 0.6) is 5.75 Å². The van der Waals surface area contributed by atoms with Gasteiger partial charge >= 0.3 is 0 Å². The predicted molar refractivity (Wildman–Crippen MR) is 66.4 cm³/mol. The van der Waals surface area contributed by atoms with Crippen molar-refractivity contribution in [1.82, 2.24) is 0 Å². The summed E-state index contributed by atoms with van der Waals surface area (Å²) in [5.41, 5.74) is 1.03. The van der Waals surface area contributed by atoms with Crippen LogP contribution in [0, 0.1) is 0 Å². The van der Waals surface area contributed by atoms with Crippen molar-refractivity contribution in [3.8, 4) is 5.75 Å². The normalized spacial score (nSPS) is 10.3. The van der Waals surface area contributed by atoms with Crippen LogP contribution >= 0.6 is 11.6 Å². The van der Waals surface area contributed by atoms with Gasteiger partial charge in [-0.2, -0.15) is 0 Å². The maximum atomic E-state index is 11.6. The van der Waals surface area contributed by atoms with E-state index in [1.807, 2.05) is 13.8 Å². The maximum Gasteiger partial charge on any atom is 0.188 e. The van der Waals surface area contributed by atoms with Crippen LogP contribution in [0.25, 0.3) is 0 Å². The first-order valence-electron chi connectivity index (χ1n) is 5.08. The van der Waals surface area contributed by atoms with E-state index in [0.717, 1.165) is 0 Å². The zero-order valence-corrected chi connectivity index (χ0v) is 10.5.